The van der Waals surface area contributed by atoms with Crippen molar-refractivity contribution in [3.05, 3.63) is 0 Å². The number of nitrogens with zero attached hydrogens (tertiary/aromatic N) is 1. The molecule has 0 aromatic heterocycles. The Morgan fingerprint density at radius 3 is 2.62 bits per heavy atom. The van der Waals surface area contributed by atoms with Crippen LogP contribution < -0.4 is 5.32 Å². The first kappa shape index (κ1) is 17.7. The molecule has 9 heteroatoms. The number of carboxylic acids is 1. The van der Waals surface area contributed by atoms with Crippen LogP contribution in [0.5, 0.6) is 0 Å². The van der Waals surface area contributed by atoms with Crippen molar-refractivity contribution < 1.29 is 29.0 Å². The number of carbonyl (C=O) groups excluding carboxylic acids is 2. The Hall–Kier alpha value is -1.32. The summed E-state index contributed by atoms with van der Waals surface area (Å²) in [7, 11) is 0. The van der Waals surface area contributed by atoms with Crippen LogP contribution in [0.3, 0.4) is 0 Å². The lowest BCUT2D eigenvalue weighted by Gasteiger charge is -2.26. The average Bonchev–Trinajstić information content (AvgIpc) is 2.47. The molecule has 8 nitrogen and oxygen atoms in total. The summed E-state index contributed by atoms with van der Waals surface area (Å²) in [6.07, 6.45) is 0. The molecule has 1 aliphatic rings. The standard InChI is InChI=1S/C12H20N2O6S/c15-10(13-1-4-20-7-12(17)18)8-21-9-11(16)14-2-5-19-6-3-14/h1-9H2,(H,13,15)(H,17,18). The second kappa shape index (κ2) is 10.4. The van der Waals surface area contributed by atoms with E-state index in [9.17, 15) is 14.4 Å². The Labute approximate surface area is 127 Å². The minimum atomic E-state index is -1.04. The summed E-state index contributed by atoms with van der Waals surface area (Å²) in [5.74, 6) is -0.772. The van der Waals surface area contributed by atoms with E-state index < -0.39 is 5.97 Å². The van der Waals surface area contributed by atoms with E-state index in [1.54, 1.807) is 4.90 Å². The van der Waals surface area contributed by atoms with Crippen molar-refractivity contribution in [1.82, 2.24) is 10.2 Å². The summed E-state index contributed by atoms with van der Waals surface area (Å²) in [5, 5.41) is 10.9. The number of thioether (sulfide) groups is 1. The molecule has 0 bridgehead atoms. The van der Waals surface area contributed by atoms with Crippen LogP contribution in [0.25, 0.3) is 0 Å². The summed E-state index contributed by atoms with van der Waals surface area (Å²) in [5.41, 5.74) is 0. The smallest absolute Gasteiger partial charge is 0.329 e. The van der Waals surface area contributed by atoms with Gasteiger partial charge in [-0.2, -0.15) is 0 Å². The molecule has 120 valence electrons. The lowest BCUT2D eigenvalue weighted by molar-refractivity contribution is -0.142. The van der Waals surface area contributed by atoms with Crippen molar-refractivity contribution in [3.63, 3.8) is 0 Å². The van der Waals surface area contributed by atoms with E-state index in [1.807, 2.05) is 0 Å². The Balaban J connectivity index is 1.99. The number of aliphatic carboxylic acids is 1. The van der Waals surface area contributed by atoms with Crippen molar-refractivity contribution in [2.24, 2.45) is 0 Å². The van der Waals surface area contributed by atoms with E-state index in [-0.39, 0.29) is 43.1 Å². The zero-order chi connectivity index (χ0) is 15.5. The number of morpholine rings is 1. The van der Waals surface area contributed by atoms with Gasteiger partial charge >= 0.3 is 5.97 Å². The molecule has 0 radical (unpaired) electrons. The van der Waals surface area contributed by atoms with E-state index >= 15 is 0 Å². The number of carboxylic acid groups (broad SMARTS) is 1. The summed E-state index contributed by atoms with van der Waals surface area (Å²) >= 11 is 1.25. The number of hydrogen-bond acceptors (Lipinski definition) is 6. The van der Waals surface area contributed by atoms with Gasteiger partial charge in [0.25, 0.3) is 0 Å². The molecule has 0 aliphatic carbocycles. The molecule has 0 aromatic rings. The fraction of sp³-hybridized carbons (Fsp3) is 0.750. The van der Waals surface area contributed by atoms with Gasteiger partial charge in [-0.3, -0.25) is 9.59 Å². The number of hydrogen-bond donors (Lipinski definition) is 2. The lowest BCUT2D eigenvalue weighted by atomic mass is 10.4. The Morgan fingerprint density at radius 2 is 1.95 bits per heavy atom. The molecule has 2 N–H and O–H groups in total. The largest absolute Gasteiger partial charge is 0.480 e. The van der Waals surface area contributed by atoms with Gasteiger partial charge in [0.2, 0.25) is 11.8 Å². The quantitative estimate of drug-likeness (QED) is 0.514. The Kier molecular flexibility index (Phi) is 8.79. The van der Waals surface area contributed by atoms with Gasteiger partial charge in [0.05, 0.1) is 31.3 Å². The maximum Gasteiger partial charge on any atom is 0.329 e. The molecule has 0 aromatic carbocycles. The van der Waals surface area contributed by atoms with Crippen molar-refractivity contribution in [1.29, 1.82) is 0 Å². The molecule has 0 unspecified atom stereocenters. The molecule has 1 aliphatic heterocycles. The highest BCUT2D eigenvalue weighted by atomic mass is 32.2. The number of rotatable bonds is 9. The van der Waals surface area contributed by atoms with Crippen molar-refractivity contribution in [2.75, 3.05) is 57.6 Å². The lowest BCUT2D eigenvalue weighted by Crippen LogP contribution is -2.41. The van der Waals surface area contributed by atoms with Crippen LogP contribution in [0.4, 0.5) is 0 Å². The third kappa shape index (κ3) is 8.53. The Bertz CT molecular complexity index is 360. The van der Waals surface area contributed by atoms with Gasteiger partial charge in [0, 0.05) is 19.6 Å². The van der Waals surface area contributed by atoms with Crippen LogP contribution in [0.15, 0.2) is 0 Å². The first-order chi connectivity index (χ1) is 10.1. The van der Waals surface area contributed by atoms with Gasteiger partial charge in [0.15, 0.2) is 0 Å². The second-order valence-corrected chi connectivity index (χ2v) is 5.27. The van der Waals surface area contributed by atoms with Gasteiger partial charge in [-0.15, -0.1) is 11.8 Å². The van der Waals surface area contributed by atoms with Crippen molar-refractivity contribution in [3.8, 4) is 0 Å². The maximum absolute atomic E-state index is 11.8. The monoisotopic (exact) mass is 320 g/mol. The zero-order valence-electron chi connectivity index (χ0n) is 11.7. The number of nitrogens with one attached hydrogen (secondary N) is 1. The van der Waals surface area contributed by atoms with Crippen molar-refractivity contribution in [2.45, 2.75) is 0 Å². The zero-order valence-corrected chi connectivity index (χ0v) is 12.5. The topological polar surface area (TPSA) is 105 Å². The van der Waals surface area contributed by atoms with Gasteiger partial charge in [-0.1, -0.05) is 0 Å². The first-order valence-corrected chi connectivity index (χ1v) is 7.74. The molecule has 2 amide bonds. The van der Waals surface area contributed by atoms with Gasteiger partial charge in [-0.05, 0) is 0 Å². The van der Waals surface area contributed by atoms with Gasteiger partial charge in [-0.25, -0.2) is 4.79 Å². The fourth-order valence-corrected chi connectivity index (χ4v) is 2.35. The molecule has 1 rings (SSSR count). The second-order valence-electron chi connectivity index (χ2n) is 4.28. The normalized spacial score (nSPS) is 14.8. The number of ether oxygens (including phenoxy) is 2. The van der Waals surface area contributed by atoms with E-state index in [0.717, 1.165) is 0 Å². The maximum atomic E-state index is 11.8. The highest BCUT2D eigenvalue weighted by Crippen LogP contribution is 2.04. The third-order valence-corrected chi connectivity index (χ3v) is 3.53. The summed E-state index contributed by atoms with van der Waals surface area (Å²) in [6.45, 7) is 2.36. The predicted octanol–water partition coefficient (Wildman–Crippen LogP) is -1.20. The van der Waals surface area contributed by atoms with E-state index in [0.29, 0.717) is 26.3 Å². The van der Waals surface area contributed by atoms with Crippen molar-refractivity contribution >= 4 is 29.5 Å². The SMILES string of the molecule is O=C(O)COCCNC(=O)CSCC(=O)N1CCOCC1. The van der Waals surface area contributed by atoms with E-state index in [2.05, 4.69) is 5.32 Å². The van der Waals surface area contributed by atoms with Crippen LogP contribution in [-0.4, -0.2) is 85.4 Å². The van der Waals surface area contributed by atoms with E-state index in [4.69, 9.17) is 14.6 Å². The predicted molar refractivity (Wildman–Crippen MR) is 76.2 cm³/mol. The first-order valence-electron chi connectivity index (χ1n) is 6.59. The Morgan fingerprint density at radius 1 is 1.24 bits per heavy atom. The summed E-state index contributed by atoms with van der Waals surface area (Å²) in [6, 6.07) is 0. The number of amides is 2. The van der Waals surface area contributed by atoms with E-state index in [1.165, 1.54) is 11.8 Å². The average molecular weight is 320 g/mol. The number of carbonyl (C=O) groups is 3. The van der Waals surface area contributed by atoms with Crippen LogP contribution in [0.2, 0.25) is 0 Å². The molecule has 1 heterocycles. The van der Waals surface area contributed by atoms with Crippen LogP contribution in [0, 0.1) is 0 Å². The van der Waals surface area contributed by atoms with Gasteiger partial charge < -0.3 is 24.8 Å². The molecule has 0 saturated carbocycles. The van der Waals surface area contributed by atoms with Crippen LogP contribution in [-0.2, 0) is 23.9 Å². The molecule has 1 fully saturated rings. The molecule has 21 heavy (non-hydrogen) atoms. The highest BCUT2D eigenvalue weighted by Gasteiger charge is 2.16. The minimum Gasteiger partial charge on any atom is -0.480 e. The van der Waals surface area contributed by atoms with Crippen LogP contribution in [0.1, 0.15) is 0 Å². The molecular weight excluding hydrogens is 300 g/mol. The molecule has 1 saturated heterocycles. The molecule has 0 spiro atoms. The van der Waals surface area contributed by atoms with Gasteiger partial charge in [0.1, 0.15) is 6.61 Å². The van der Waals surface area contributed by atoms with Crippen LogP contribution >= 0.6 is 11.8 Å². The minimum absolute atomic E-state index is 0.0147. The molecular formula is C12H20N2O6S. The third-order valence-electron chi connectivity index (χ3n) is 2.62. The summed E-state index contributed by atoms with van der Waals surface area (Å²) < 4.78 is 9.93. The molecule has 0 atom stereocenters. The fourth-order valence-electron chi connectivity index (χ4n) is 1.61. The highest BCUT2D eigenvalue weighted by molar-refractivity contribution is 8.00. The summed E-state index contributed by atoms with van der Waals surface area (Å²) in [4.78, 5) is 35.1.